The van der Waals surface area contributed by atoms with Crippen LogP contribution in [0.2, 0.25) is 0 Å². The van der Waals surface area contributed by atoms with Crippen LogP contribution in [0.25, 0.3) is 11.6 Å². The second kappa shape index (κ2) is 5.70. The summed E-state index contributed by atoms with van der Waals surface area (Å²) in [4.78, 5) is 20.1. The molecule has 1 aliphatic heterocycles. The summed E-state index contributed by atoms with van der Waals surface area (Å²) >= 11 is 0. The van der Waals surface area contributed by atoms with Crippen molar-refractivity contribution < 1.29 is 0 Å². The van der Waals surface area contributed by atoms with E-state index in [2.05, 4.69) is 36.1 Å². The third-order valence-electron chi connectivity index (χ3n) is 5.77. The van der Waals surface area contributed by atoms with E-state index in [0.717, 1.165) is 45.2 Å². The van der Waals surface area contributed by atoms with E-state index in [-0.39, 0.29) is 0 Å². The van der Waals surface area contributed by atoms with Crippen LogP contribution in [0.15, 0.2) is 24.9 Å². The summed E-state index contributed by atoms with van der Waals surface area (Å²) in [5, 5.41) is 8.85. The Morgan fingerprint density at radius 3 is 2.78 bits per heavy atom. The fraction of sp³-hybridized carbons (Fsp3) is 0.444. The van der Waals surface area contributed by atoms with Gasteiger partial charge in [-0.1, -0.05) is 0 Å². The number of hydrogen-bond acceptors (Lipinski definition) is 7. The first kappa shape index (κ1) is 15.0. The zero-order valence-corrected chi connectivity index (χ0v) is 14.9. The predicted octanol–water partition coefficient (Wildman–Crippen LogP) is 1.43. The third kappa shape index (κ3) is 2.23. The predicted molar refractivity (Wildman–Crippen MR) is 97.8 cm³/mol. The summed E-state index contributed by atoms with van der Waals surface area (Å²) in [5.74, 6) is 2.91. The van der Waals surface area contributed by atoms with E-state index < -0.39 is 0 Å². The van der Waals surface area contributed by atoms with Crippen molar-refractivity contribution in [2.24, 2.45) is 0 Å². The molecular weight excluding hydrogens is 342 g/mol. The smallest absolute Gasteiger partial charge is 0.254 e. The molecule has 1 atom stereocenters. The van der Waals surface area contributed by atoms with Gasteiger partial charge < -0.3 is 4.90 Å². The highest BCUT2D eigenvalue weighted by atomic mass is 15.4. The maximum Gasteiger partial charge on any atom is 0.254 e. The molecule has 0 spiro atoms. The first-order valence-corrected chi connectivity index (χ1v) is 9.49. The second-order valence-corrected chi connectivity index (χ2v) is 7.31. The monoisotopic (exact) mass is 361 g/mol. The minimum atomic E-state index is 0.370. The number of hydrogen-bond donors (Lipinski definition) is 0. The van der Waals surface area contributed by atoms with Crippen molar-refractivity contribution in [3.8, 4) is 0 Å². The van der Waals surface area contributed by atoms with Crippen LogP contribution < -0.4 is 4.90 Å². The van der Waals surface area contributed by atoms with Crippen LogP contribution in [0.5, 0.6) is 0 Å². The minimum absolute atomic E-state index is 0.370. The summed E-state index contributed by atoms with van der Waals surface area (Å²) in [5.41, 5.74) is 3.70. The summed E-state index contributed by atoms with van der Waals surface area (Å²) in [6.07, 6.45) is 10.5. The van der Waals surface area contributed by atoms with Crippen molar-refractivity contribution in [3.63, 3.8) is 0 Å². The summed E-state index contributed by atoms with van der Waals surface area (Å²) in [7, 11) is 0. The molecule has 1 saturated heterocycles. The average Bonchev–Trinajstić information content (AvgIpc) is 3.45. The maximum absolute atomic E-state index is 4.71. The first-order chi connectivity index (χ1) is 13.4. The van der Waals surface area contributed by atoms with Gasteiger partial charge in [-0.25, -0.2) is 14.5 Å². The van der Waals surface area contributed by atoms with Crippen LogP contribution in [-0.4, -0.2) is 52.3 Å². The van der Waals surface area contributed by atoms with Gasteiger partial charge >= 0.3 is 0 Å². The molecule has 0 N–H and O–H groups in total. The molecule has 0 radical (unpaired) electrons. The highest BCUT2D eigenvalue weighted by Gasteiger charge is 2.30. The molecule has 1 fully saturated rings. The fourth-order valence-corrected chi connectivity index (χ4v) is 4.60. The lowest BCUT2D eigenvalue weighted by atomic mass is 9.94. The van der Waals surface area contributed by atoms with E-state index in [1.54, 1.807) is 12.7 Å². The zero-order chi connectivity index (χ0) is 17.8. The van der Waals surface area contributed by atoms with E-state index in [9.17, 15) is 0 Å². The Morgan fingerprint density at radius 2 is 1.81 bits per heavy atom. The first-order valence-electron chi connectivity index (χ1n) is 9.49. The van der Waals surface area contributed by atoms with Crippen molar-refractivity contribution in [1.82, 2.24) is 39.2 Å². The molecule has 0 amide bonds. The van der Waals surface area contributed by atoms with Gasteiger partial charge in [0.15, 0.2) is 0 Å². The third-order valence-corrected chi connectivity index (χ3v) is 5.77. The van der Waals surface area contributed by atoms with E-state index in [0.29, 0.717) is 17.5 Å². The Bertz CT molecular complexity index is 1140. The maximum atomic E-state index is 4.71. The molecule has 5 heterocycles. The van der Waals surface area contributed by atoms with Gasteiger partial charge in [-0.05, 0) is 38.2 Å². The van der Waals surface area contributed by atoms with Gasteiger partial charge in [-0.3, -0.25) is 0 Å². The van der Waals surface area contributed by atoms with Crippen LogP contribution >= 0.6 is 0 Å². The number of rotatable bonds is 2. The number of anilines is 1. The standard InChI is InChI=1S/C18H19N9/c1-4-13-14(5-1)24-18-21-11-23-27(18)16(13)25-8-2-3-12(9-25)15-6-7-19-17-20-10-22-26(15)17/h6-7,10-12H,1-5,8-9H2/t12-/m0/s1. The van der Waals surface area contributed by atoms with Gasteiger partial charge in [0.1, 0.15) is 18.5 Å². The highest BCUT2D eigenvalue weighted by Crippen LogP contribution is 2.35. The minimum Gasteiger partial charge on any atom is -0.355 e. The van der Waals surface area contributed by atoms with Crippen LogP contribution in [-0.2, 0) is 12.8 Å². The molecule has 27 heavy (non-hydrogen) atoms. The van der Waals surface area contributed by atoms with Gasteiger partial charge in [0.05, 0.1) is 11.4 Å². The summed E-state index contributed by atoms with van der Waals surface area (Å²) in [6.45, 7) is 1.94. The fourth-order valence-electron chi connectivity index (χ4n) is 4.60. The SMILES string of the molecule is c1cc([C@H]2CCCN(c3c4c(nc5ncnn35)CCC4)C2)n2ncnc2n1. The Hall–Kier alpha value is -3.10. The van der Waals surface area contributed by atoms with Crippen LogP contribution in [0.3, 0.4) is 0 Å². The van der Waals surface area contributed by atoms with E-state index in [1.165, 1.54) is 22.8 Å². The molecule has 2 aliphatic rings. The van der Waals surface area contributed by atoms with Crippen molar-refractivity contribution in [2.45, 2.75) is 38.0 Å². The molecular formula is C18H19N9. The number of aryl methyl sites for hydroxylation is 1. The quantitative estimate of drug-likeness (QED) is 0.533. The summed E-state index contributed by atoms with van der Waals surface area (Å²) < 4.78 is 3.79. The highest BCUT2D eigenvalue weighted by molar-refractivity contribution is 5.56. The van der Waals surface area contributed by atoms with Crippen LogP contribution in [0, 0.1) is 0 Å². The van der Waals surface area contributed by atoms with E-state index in [1.807, 2.05) is 15.2 Å². The van der Waals surface area contributed by atoms with Crippen molar-refractivity contribution in [1.29, 1.82) is 0 Å². The molecule has 136 valence electrons. The Labute approximate surface area is 155 Å². The van der Waals surface area contributed by atoms with Gasteiger partial charge in [-0.2, -0.15) is 24.7 Å². The molecule has 9 nitrogen and oxygen atoms in total. The number of nitrogens with zero attached hydrogens (tertiary/aromatic N) is 9. The topological polar surface area (TPSA) is 89.4 Å². The van der Waals surface area contributed by atoms with Crippen LogP contribution in [0.4, 0.5) is 5.82 Å². The van der Waals surface area contributed by atoms with E-state index >= 15 is 0 Å². The van der Waals surface area contributed by atoms with Gasteiger partial charge in [0.25, 0.3) is 11.6 Å². The lowest BCUT2D eigenvalue weighted by molar-refractivity contribution is 0.486. The van der Waals surface area contributed by atoms with Crippen molar-refractivity contribution in [3.05, 3.63) is 41.9 Å². The van der Waals surface area contributed by atoms with E-state index in [4.69, 9.17) is 4.98 Å². The van der Waals surface area contributed by atoms with Crippen molar-refractivity contribution in [2.75, 3.05) is 18.0 Å². The lowest BCUT2D eigenvalue weighted by Crippen LogP contribution is -2.37. The zero-order valence-electron chi connectivity index (χ0n) is 14.9. The van der Waals surface area contributed by atoms with Gasteiger partial charge in [0, 0.05) is 30.8 Å². The van der Waals surface area contributed by atoms with Crippen molar-refractivity contribution >= 4 is 17.4 Å². The van der Waals surface area contributed by atoms with Gasteiger partial charge in [0.2, 0.25) is 0 Å². The number of fused-ring (bicyclic) bond motifs is 3. The lowest BCUT2D eigenvalue weighted by Gasteiger charge is -2.35. The molecule has 4 aromatic heterocycles. The molecule has 0 bridgehead atoms. The molecule has 9 heteroatoms. The Balaban J connectivity index is 1.44. The van der Waals surface area contributed by atoms with Gasteiger partial charge in [-0.15, -0.1) is 0 Å². The molecule has 6 rings (SSSR count). The average molecular weight is 361 g/mol. The molecule has 1 aliphatic carbocycles. The van der Waals surface area contributed by atoms with Crippen LogP contribution in [0.1, 0.15) is 42.1 Å². The largest absolute Gasteiger partial charge is 0.355 e. The second-order valence-electron chi connectivity index (χ2n) is 7.31. The molecule has 4 aromatic rings. The summed E-state index contributed by atoms with van der Waals surface area (Å²) in [6, 6.07) is 2.07. The molecule has 0 unspecified atom stereocenters. The normalized spacial score (nSPS) is 19.9. The Kier molecular flexibility index (Phi) is 3.17. The number of aromatic nitrogens is 8. The molecule has 0 aromatic carbocycles. The Morgan fingerprint density at radius 1 is 0.926 bits per heavy atom. The molecule has 0 saturated carbocycles. The number of piperidine rings is 1.